The van der Waals surface area contributed by atoms with Crippen molar-refractivity contribution >= 4 is 16.8 Å². The lowest BCUT2D eigenvalue weighted by molar-refractivity contribution is 0.0940. The van der Waals surface area contributed by atoms with Gasteiger partial charge in [-0.15, -0.1) is 0 Å². The van der Waals surface area contributed by atoms with Gasteiger partial charge in [0.05, 0.1) is 25.8 Å². The molecule has 0 radical (unpaired) electrons. The molecule has 2 aromatic carbocycles. The number of methoxy groups -OCH3 is 1. The summed E-state index contributed by atoms with van der Waals surface area (Å²) in [6.45, 7) is 2.90. The molecule has 0 aliphatic carbocycles. The zero-order chi connectivity index (χ0) is 26.4. The van der Waals surface area contributed by atoms with Crippen LogP contribution in [0.25, 0.3) is 10.9 Å². The number of hydrogen-bond donors (Lipinski definition) is 3. The van der Waals surface area contributed by atoms with Crippen LogP contribution in [0, 0.1) is 17.6 Å². The van der Waals surface area contributed by atoms with Crippen LogP contribution < -0.4 is 20.3 Å². The van der Waals surface area contributed by atoms with E-state index in [1.807, 2.05) is 0 Å². The summed E-state index contributed by atoms with van der Waals surface area (Å²) in [6, 6.07) is 6.67. The summed E-state index contributed by atoms with van der Waals surface area (Å²) in [5.41, 5.74) is 0.0306. The SMILES string of the molecule is COc1cc(CNC(=O)c2nc3ccc(F)c(OCCC4CCN(CCO)CC4)c3c(=O)[nH]2)ccc1F. The van der Waals surface area contributed by atoms with Crippen molar-refractivity contribution in [1.82, 2.24) is 20.2 Å². The molecule has 3 N–H and O–H groups in total. The van der Waals surface area contributed by atoms with Crippen molar-refractivity contribution < 1.29 is 28.2 Å². The quantitative estimate of drug-likeness (QED) is 0.379. The van der Waals surface area contributed by atoms with E-state index >= 15 is 0 Å². The van der Waals surface area contributed by atoms with Gasteiger partial charge >= 0.3 is 0 Å². The number of amides is 1. The van der Waals surface area contributed by atoms with Gasteiger partial charge in [-0.3, -0.25) is 9.59 Å². The highest BCUT2D eigenvalue weighted by atomic mass is 19.1. The minimum absolute atomic E-state index is 0.0469. The standard InChI is InChI=1S/C26H30F2N4O5/c1-36-21-14-17(2-3-18(21)27)15-29-26(35)24-30-20-5-4-19(28)23(22(20)25(34)31-24)37-13-8-16-6-9-32(10-7-16)11-12-33/h2-5,14,16,33H,6-13,15H2,1H3,(H,29,35)(H,30,31,34). The summed E-state index contributed by atoms with van der Waals surface area (Å²) in [7, 11) is 1.34. The predicted octanol–water partition coefficient (Wildman–Crippen LogP) is 2.61. The smallest absolute Gasteiger partial charge is 0.287 e. The molecular formula is C26H30F2N4O5. The summed E-state index contributed by atoms with van der Waals surface area (Å²) in [4.78, 5) is 34.3. The van der Waals surface area contributed by atoms with Crippen molar-refractivity contribution in [3.63, 3.8) is 0 Å². The molecule has 9 nitrogen and oxygen atoms in total. The lowest BCUT2D eigenvalue weighted by Gasteiger charge is -2.31. The first-order valence-electron chi connectivity index (χ1n) is 12.2. The summed E-state index contributed by atoms with van der Waals surface area (Å²) >= 11 is 0. The Morgan fingerprint density at radius 1 is 1.22 bits per heavy atom. The van der Waals surface area contributed by atoms with Gasteiger partial charge in [-0.1, -0.05) is 6.07 Å². The number of fused-ring (bicyclic) bond motifs is 1. The van der Waals surface area contributed by atoms with Gasteiger partial charge in [-0.05, 0) is 68.1 Å². The average Bonchev–Trinajstić information content (AvgIpc) is 2.90. The molecule has 1 aliphatic heterocycles. The molecule has 1 aliphatic rings. The maximum Gasteiger partial charge on any atom is 0.287 e. The first-order valence-corrected chi connectivity index (χ1v) is 12.2. The molecule has 11 heteroatoms. The summed E-state index contributed by atoms with van der Waals surface area (Å²) in [5, 5.41) is 11.6. The number of carbonyl (C=O) groups excluding carboxylic acids is 1. The van der Waals surface area contributed by atoms with Crippen LogP contribution in [0.4, 0.5) is 8.78 Å². The largest absolute Gasteiger partial charge is 0.494 e. The van der Waals surface area contributed by atoms with Crippen molar-refractivity contribution in [2.24, 2.45) is 5.92 Å². The van der Waals surface area contributed by atoms with Crippen LogP contribution in [-0.4, -0.2) is 65.8 Å². The molecular weight excluding hydrogens is 486 g/mol. The van der Waals surface area contributed by atoms with E-state index in [9.17, 15) is 18.4 Å². The van der Waals surface area contributed by atoms with Gasteiger partial charge in [0.2, 0.25) is 0 Å². The first kappa shape index (κ1) is 26.5. The van der Waals surface area contributed by atoms with Crippen molar-refractivity contribution in [3.8, 4) is 11.5 Å². The number of aliphatic hydroxyl groups excluding tert-OH is 1. The second kappa shape index (κ2) is 12.1. The fraction of sp³-hybridized carbons (Fsp3) is 0.423. The van der Waals surface area contributed by atoms with Crippen molar-refractivity contribution in [1.29, 1.82) is 0 Å². The van der Waals surface area contributed by atoms with E-state index in [0.29, 0.717) is 24.4 Å². The molecule has 1 amide bonds. The molecule has 0 bridgehead atoms. The second-order valence-electron chi connectivity index (χ2n) is 8.98. The van der Waals surface area contributed by atoms with Crippen molar-refractivity contribution in [2.75, 3.05) is 40.0 Å². The van der Waals surface area contributed by atoms with Gasteiger partial charge in [0.25, 0.3) is 11.5 Å². The minimum atomic E-state index is -0.689. The van der Waals surface area contributed by atoms with Crippen LogP contribution in [0.5, 0.6) is 11.5 Å². The third-order valence-electron chi connectivity index (χ3n) is 6.56. The normalized spacial score (nSPS) is 14.6. The van der Waals surface area contributed by atoms with E-state index in [-0.39, 0.29) is 48.0 Å². The topological polar surface area (TPSA) is 117 Å². The highest BCUT2D eigenvalue weighted by Crippen LogP contribution is 2.27. The number of halogens is 2. The molecule has 0 atom stereocenters. The lowest BCUT2D eigenvalue weighted by Crippen LogP contribution is -2.36. The molecule has 1 aromatic heterocycles. The molecule has 1 saturated heterocycles. The third-order valence-corrected chi connectivity index (χ3v) is 6.56. The predicted molar refractivity (Wildman–Crippen MR) is 133 cm³/mol. The monoisotopic (exact) mass is 516 g/mol. The number of β-amino-alcohol motifs (C(OH)–C–C–N with tert-alkyl or cyclic N) is 1. The Balaban J connectivity index is 1.42. The molecule has 0 saturated carbocycles. The Labute approximate surface area is 212 Å². The molecule has 1 fully saturated rings. The summed E-state index contributed by atoms with van der Waals surface area (Å²) in [5.74, 6) is -1.81. The number of piperidine rings is 1. The number of benzene rings is 2. The Morgan fingerprint density at radius 3 is 2.70 bits per heavy atom. The number of aliphatic hydroxyl groups is 1. The van der Waals surface area contributed by atoms with E-state index in [1.54, 1.807) is 0 Å². The number of aromatic nitrogens is 2. The number of rotatable bonds is 10. The van der Waals surface area contributed by atoms with Gasteiger partial charge in [-0.25, -0.2) is 13.8 Å². The summed E-state index contributed by atoms with van der Waals surface area (Å²) in [6.07, 6.45) is 2.64. The van der Waals surface area contributed by atoms with Crippen LogP contribution in [0.2, 0.25) is 0 Å². The second-order valence-corrected chi connectivity index (χ2v) is 8.98. The minimum Gasteiger partial charge on any atom is -0.494 e. The number of likely N-dealkylation sites (tertiary alicyclic amines) is 1. The molecule has 37 heavy (non-hydrogen) atoms. The Morgan fingerprint density at radius 2 is 1.97 bits per heavy atom. The van der Waals surface area contributed by atoms with Crippen molar-refractivity contribution in [3.05, 3.63) is 63.7 Å². The fourth-order valence-corrected chi connectivity index (χ4v) is 4.47. The number of carbonyl (C=O) groups is 1. The van der Waals surface area contributed by atoms with Crippen LogP contribution in [0.3, 0.4) is 0 Å². The number of hydrogen-bond acceptors (Lipinski definition) is 7. The zero-order valence-corrected chi connectivity index (χ0v) is 20.6. The molecule has 0 spiro atoms. The van der Waals surface area contributed by atoms with Gasteiger partial charge in [0, 0.05) is 13.1 Å². The average molecular weight is 517 g/mol. The Hall–Kier alpha value is -3.57. The maximum atomic E-state index is 14.6. The van der Waals surface area contributed by atoms with Crippen molar-refractivity contribution in [2.45, 2.75) is 25.8 Å². The number of H-pyrrole nitrogens is 1. The number of nitrogens with one attached hydrogen (secondary N) is 2. The number of nitrogens with zero attached hydrogens (tertiary/aromatic N) is 2. The number of aromatic amines is 1. The van der Waals surface area contributed by atoms with Gasteiger partial charge < -0.3 is 29.8 Å². The highest BCUT2D eigenvalue weighted by molar-refractivity contribution is 5.93. The maximum absolute atomic E-state index is 14.6. The first-order chi connectivity index (χ1) is 17.9. The zero-order valence-electron chi connectivity index (χ0n) is 20.6. The third kappa shape index (κ3) is 6.41. The van der Waals surface area contributed by atoms with E-state index in [2.05, 4.69) is 20.2 Å². The highest BCUT2D eigenvalue weighted by Gasteiger charge is 2.21. The van der Waals surface area contributed by atoms with Gasteiger partial charge in [0.1, 0.15) is 5.39 Å². The Bertz CT molecular complexity index is 1310. The van der Waals surface area contributed by atoms with Crippen LogP contribution in [0.1, 0.15) is 35.4 Å². The van der Waals surface area contributed by atoms with Crippen LogP contribution in [-0.2, 0) is 6.54 Å². The Kier molecular flexibility index (Phi) is 8.67. The molecule has 0 unspecified atom stereocenters. The van der Waals surface area contributed by atoms with E-state index < -0.39 is 23.1 Å². The fourth-order valence-electron chi connectivity index (χ4n) is 4.47. The molecule has 2 heterocycles. The van der Waals surface area contributed by atoms with Crippen LogP contribution >= 0.6 is 0 Å². The van der Waals surface area contributed by atoms with Gasteiger partial charge in [-0.2, -0.15) is 0 Å². The summed E-state index contributed by atoms with van der Waals surface area (Å²) < 4.78 is 38.8. The van der Waals surface area contributed by atoms with E-state index in [0.717, 1.165) is 32.0 Å². The van der Waals surface area contributed by atoms with E-state index in [1.165, 1.54) is 31.4 Å². The molecule has 4 rings (SSSR count). The van der Waals surface area contributed by atoms with E-state index in [4.69, 9.17) is 14.6 Å². The van der Waals surface area contributed by atoms with Gasteiger partial charge in [0.15, 0.2) is 29.0 Å². The molecule has 3 aromatic rings. The lowest BCUT2D eigenvalue weighted by atomic mass is 9.94. The van der Waals surface area contributed by atoms with Crippen LogP contribution in [0.15, 0.2) is 35.1 Å². The number of ether oxygens (including phenoxy) is 2. The molecule has 198 valence electrons.